The Bertz CT molecular complexity index is 440. The number of hydrogen-bond acceptors (Lipinski definition) is 2. The predicted octanol–water partition coefficient (Wildman–Crippen LogP) is 3.32. The van der Waals surface area contributed by atoms with Crippen LogP contribution in [0.4, 0.5) is 4.39 Å². The number of hydrogen-bond donors (Lipinski definition) is 1. The highest BCUT2D eigenvalue weighted by atomic mass is 19.1. The Labute approximate surface area is 121 Å². The van der Waals surface area contributed by atoms with Crippen LogP contribution in [0, 0.1) is 5.82 Å². The van der Waals surface area contributed by atoms with Gasteiger partial charge in [-0.3, -0.25) is 4.90 Å². The number of nitrogens with zero attached hydrogens (tertiary/aromatic N) is 1. The molecule has 1 aliphatic heterocycles. The van der Waals surface area contributed by atoms with E-state index >= 15 is 0 Å². The SMILES string of the molecule is Fc1ccccc1CN1CCCNC2(CCCCC2)C1. The Hall–Kier alpha value is -0.930. The van der Waals surface area contributed by atoms with Gasteiger partial charge >= 0.3 is 0 Å². The highest BCUT2D eigenvalue weighted by Crippen LogP contribution is 2.30. The van der Waals surface area contributed by atoms with Crippen LogP contribution >= 0.6 is 0 Å². The molecule has 0 amide bonds. The molecule has 110 valence electrons. The molecule has 20 heavy (non-hydrogen) atoms. The Kier molecular flexibility index (Phi) is 4.37. The lowest BCUT2D eigenvalue weighted by molar-refractivity contribution is 0.158. The fraction of sp³-hybridized carbons (Fsp3) is 0.647. The highest BCUT2D eigenvalue weighted by molar-refractivity contribution is 5.17. The largest absolute Gasteiger partial charge is 0.310 e. The van der Waals surface area contributed by atoms with E-state index in [-0.39, 0.29) is 5.82 Å². The van der Waals surface area contributed by atoms with E-state index in [0.29, 0.717) is 5.54 Å². The van der Waals surface area contributed by atoms with Crippen LogP contribution in [0.25, 0.3) is 0 Å². The summed E-state index contributed by atoms with van der Waals surface area (Å²) in [5.41, 5.74) is 1.13. The van der Waals surface area contributed by atoms with Crippen LogP contribution in [-0.4, -0.2) is 30.1 Å². The van der Waals surface area contributed by atoms with Gasteiger partial charge in [0, 0.05) is 24.2 Å². The summed E-state index contributed by atoms with van der Waals surface area (Å²) in [6.07, 6.45) is 7.76. The quantitative estimate of drug-likeness (QED) is 0.891. The molecule has 1 aromatic carbocycles. The third-order valence-electron chi connectivity index (χ3n) is 4.84. The summed E-state index contributed by atoms with van der Waals surface area (Å²) in [7, 11) is 0. The predicted molar refractivity (Wildman–Crippen MR) is 80.1 cm³/mol. The van der Waals surface area contributed by atoms with Gasteiger partial charge in [-0.1, -0.05) is 37.5 Å². The van der Waals surface area contributed by atoms with Crippen molar-refractivity contribution in [1.82, 2.24) is 10.2 Å². The zero-order valence-corrected chi connectivity index (χ0v) is 12.2. The first kappa shape index (κ1) is 14.0. The first-order valence-corrected chi connectivity index (χ1v) is 7.98. The van der Waals surface area contributed by atoms with Crippen LogP contribution in [0.1, 0.15) is 44.1 Å². The first-order chi connectivity index (χ1) is 9.77. The standard InChI is InChI=1S/C17H25FN2/c18-16-8-3-2-7-15(16)13-20-12-6-11-19-17(14-20)9-4-1-5-10-17/h2-3,7-8,19H,1,4-6,9-14H2. The third kappa shape index (κ3) is 3.21. The van der Waals surface area contributed by atoms with E-state index in [1.165, 1.54) is 32.1 Å². The number of benzene rings is 1. The second-order valence-electron chi connectivity index (χ2n) is 6.42. The average Bonchev–Trinajstić information content (AvgIpc) is 2.65. The second-order valence-corrected chi connectivity index (χ2v) is 6.42. The van der Waals surface area contributed by atoms with E-state index in [1.807, 2.05) is 12.1 Å². The van der Waals surface area contributed by atoms with Crippen molar-refractivity contribution in [1.29, 1.82) is 0 Å². The van der Waals surface area contributed by atoms with Gasteiger partial charge in [-0.25, -0.2) is 4.39 Å². The van der Waals surface area contributed by atoms with Crippen LogP contribution in [0.5, 0.6) is 0 Å². The molecule has 0 bridgehead atoms. The average molecular weight is 276 g/mol. The molecule has 1 aliphatic carbocycles. The fourth-order valence-corrected chi connectivity index (χ4v) is 3.79. The topological polar surface area (TPSA) is 15.3 Å². The molecule has 0 aromatic heterocycles. The molecular formula is C17H25FN2. The maximum Gasteiger partial charge on any atom is 0.127 e. The highest BCUT2D eigenvalue weighted by Gasteiger charge is 2.34. The molecule has 1 heterocycles. The van der Waals surface area contributed by atoms with Gasteiger partial charge in [0.15, 0.2) is 0 Å². The molecule has 1 saturated carbocycles. The van der Waals surface area contributed by atoms with Gasteiger partial charge in [0.1, 0.15) is 5.82 Å². The second kappa shape index (κ2) is 6.23. The van der Waals surface area contributed by atoms with Crippen LogP contribution in [0.2, 0.25) is 0 Å². The van der Waals surface area contributed by atoms with Gasteiger partial charge < -0.3 is 5.32 Å². The van der Waals surface area contributed by atoms with Crippen molar-refractivity contribution in [2.75, 3.05) is 19.6 Å². The van der Waals surface area contributed by atoms with E-state index in [9.17, 15) is 4.39 Å². The maximum atomic E-state index is 13.8. The summed E-state index contributed by atoms with van der Waals surface area (Å²) in [4.78, 5) is 2.45. The number of rotatable bonds is 2. The van der Waals surface area contributed by atoms with E-state index in [0.717, 1.165) is 38.2 Å². The van der Waals surface area contributed by atoms with Gasteiger partial charge in [-0.15, -0.1) is 0 Å². The first-order valence-electron chi connectivity index (χ1n) is 7.98. The van der Waals surface area contributed by atoms with Crippen LogP contribution in [0.3, 0.4) is 0 Å². The van der Waals surface area contributed by atoms with E-state index in [4.69, 9.17) is 0 Å². The minimum absolute atomic E-state index is 0.0672. The van der Waals surface area contributed by atoms with Crippen molar-refractivity contribution >= 4 is 0 Å². The molecule has 1 N–H and O–H groups in total. The van der Waals surface area contributed by atoms with Crippen molar-refractivity contribution < 1.29 is 4.39 Å². The maximum absolute atomic E-state index is 13.8. The van der Waals surface area contributed by atoms with Crippen molar-refractivity contribution in [2.24, 2.45) is 0 Å². The minimum Gasteiger partial charge on any atom is -0.310 e. The molecule has 1 saturated heterocycles. The summed E-state index contributed by atoms with van der Waals surface area (Å²) >= 11 is 0. The van der Waals surface area contributed by atoms with E-state index in [2.05, 4.69) is 10.2 Å². The Morgan fingerprint density at radius 2 is 1.90 bits per heavy atom. The summed E-state index contributed by atoms with van der Waals surface area (Å²) in [6, 6.07) is 7.19. The smallest absolute Gasteiger partial charge is 0.127 e. The Morgan fingerprint density at radius 1 is 1.10 bits per heavy atom. The van der Waals surface area contributed by atoms with E-state index < -0.39 is 0 Å². The Morgan fingerprint density at radius 3 is 2.70 bits per heavy atom. The zero-order chi connectivity index (χ0) is 13.8. The molecule has 2 aliphatic rings. The monoisotopic (exact) mass is 276 g/mol. The van der Waals surface area contributed by atoms with Crippen molar-refractivity contribution in [3.05, 3.63) is 35.6 Å². The molecule has 2 fully saturated rings. The molecule has 0 radical (unpaired) electrons. The fourth-order valence-electron chi connectivity index (χ4n) is 3.79. The van der Waals surface area contributed by atoms with Crippen LogP contribution < -0.4 is 5.32 Å². The molecule has 0 unspecified atom stereocenters. The zero-order valence-electron chi connectivity index (χ0n) is 12.2. The van der Waals surface area contributed by atoms with Gasteiger partial charge in [-0.2, -0.15) is 0 Å². The van der Waals surface area contributed by atoms with Gasteiger partial charge in [0.2, 0.25) is 0 Å². The minimum atomic E-state index is -0.0672. The van der Waals surface area contributed by atoms with Crippen LogP contribution in [-0.2, 0) is 6.54 Å². The molecular weight excluding hydrogens is 251 g/mol. The lowest BCUT2D eigenvalue weighted by Crippen LogP contribution is -2.52. The van der Waals surface area contributed by atoms with Gasteiger partial charge in [0.05, 0.1) is 0 Å². The van der Waals surface area contributed by atoms with Gasteiger partial charge in [0.25, 0.3) is 0 Å². The molecule has 3 rings (SSSR count). The third-order valence-corrected chi connectivity index (χ3v) is 4.84. The molecule has 1 aromatic rings. The Balaban J connectivity index is 1.70. The summed E-state index contributed by atoms with van der Waals surface area (Å²) in [5, 5.41) is 3.79. The van der Waals surface area contributed by atoms with Gasteiger partial charge in [-0.05, 0) is 38.4 Å². The molecule has 3 heteroatoms. The summed E-state index contributed by atoms with van der Waals surface area (Å²) in [6.45, 7) is 3.99. The van der Waals surface area contributed by atoms with Crippen molar-refractivity contribution in [3.63, 3.8) is 0 Å². The summed E-state index contributed by atoms with van der Waals surface area (Å²) < 4.78 is 13.8. The molecule has 2 nitrogen and oxygen atoms in total. The lowest BCUT2D eigenvalue weighted by atomic mass is 9.81. The summed E-state index contributed by atoms with van der Waals surface area (Å²) in [5.74, 6) is -0.0672. The van der Waals surface area contributed by atoms with Crippen molar-refractivity contribution in [3.8, 4) is 0 Å². The number of halogens is 1. The number of nitrogens with one attached hydrogen (secondary N) is 1. The normalized spacial score (nSPS) is 23.6. The van der Waals surface area contributed by atoms with Crippen LogP contribution in [0.15, 0.2) is 24.3 Å². The lowest BCUT2D eigenvalue weighted by Gasteiger charge is -2.40. The van der Waals surface area contributed by atoms with E-state index in [1.54, 1.807) is 12.1 Å². The molecule has 1 spiro atoms. The molecule has 0 atom stereocenters. The van der Waals surface area contributed by atoms with Crippen molar-refractivity contribution in [2.45, 2.75) is 50.6 Å².